The van der Waals surface area contributed by atoms with Crippen molar-refractivity contribution in [2.24, 2.45) is 5.10 Å². The van der Waals surface area contributed by atoms with Crippen molar-refractivity contribution in [2.75, 3.05) is 0 Å². The summed E-state index contributed by atoms with van der Waals surface area (Å²) in [6, 6.07) is 5.70. The number of thiocarbonyl (C=S) groups is 1. The minimum Gasteiger partial charge on any atom is -0.357 e. The average Bonchev–Trinajstić information content (AvgIpc) is 2.25. The molecule has 0 aliphatic carbocycles. The van der Waals surface area contributed by atoms with E-state index in [1.54, 1.807) is 6.20 Å². The molecule has 1 rings (SSSR count). The van der Waals surface area contributed by atoms with Crippen molar-refractivity contribution in [3.05, 3.63) is 30.1 Å². The normalized spacial score (nSPS) is 11.4. The zero-order valence-electron chi connectivity index (χ0n) is 10.9. The predicted molar refractivity (Wildman–Crippen MR) is 75.1 cm³/mol. The number of aromatic nitrogens is 1. The second kappa shape index (κ2) is 7.46. The quantitative estimate of drug-likeness (QED) is 0.380. The Morgan fingerprint density at radius 3 is 2.50 bits per heavy atom. The zero-order chi connectivity index (χ0) is 12.9. The van der Waals surface area contributed by atoms with Crippen molar-refractivity contribution in [1.29, 1.82) is 0 Å². The molecule has 0 aromatic carbocycles. The standard InChI is InChI=1S/C12H18N4S.Cu/c1-9(10-7-5-6-8-13-10)15-16-11(17)14-12(2,3)4;/h5-8H,1-4H3,(H2,14,16,17);/q;+2. The first-order valence-electron chi connectivity index (χ1n) is 5.42. The van der Waals surface area contributed by atoms with Crippen LogP contribution in [-0.2, 0) is 17.1 Å². The van der Waals surface area contributed by atoms with Crippen molar-refractivity contribution in [3.63, 3.8) is 0 Å². The Morgan fingerprint density at radius 1 is 1.33 bits per heavy atom. The van der Waals surface area contributed by atoms with Gasteiger partial charge < -0.3 is 5.32 Å². The summed E-state index contributed by atoms with van der Waals surface area (Å²) in [4.78, 5) is 4.20. The van der Waals surface area contributed by atoms with Gasteiger partial charge in [-0.05, 0) is 52.0 Å². The third-order valence-electron chi connectivity index (χ3n) is 1.85. The maximum atomic E-state index is 5.12. The number of pyridine rings is 1. The second-order valence-corrected chi connectivity index (χ2v) is 5.14. The van der Waals surface area contributed by atoms with Gasteiger partial charge in [0, 0.05) is 11.7 Å². The van der Waals surface area contributed by atoms with Crippen LogP contribution in [0.25, 0.3) is 0 Å². The van der Waals surface area contributed by atoms with Crippen molar-refractivity contribution >= 4 is 23.0 Å². The molecular weight excluding hydrogens is 296 g/mol. The molecule has 101 valence electrons. The third-order valence-corrected chi connectivity index (χ3v) is 2.04. The van der Waals surface area contributed by atoms with Crippen LogP contribution in [-0.4, -0.2) is 21.3 Å². The number of nitrogens with zero attached hydrogens (tertiary/aromatic N) is 2. The van der Waals surface area contributed by atoms with Gasteiger partial charge >= 0.3 is 17.1 Å². The molecule has 6 heteroatoms. The van der Waals surface area contributed by atoms with Crippen molar-refractivity contribution in [1.82, 2.24) is 15.7 Å². The van der Waals surface area contributed by atoms with Gasteiger partial charge in [0.25, 0.3) is 0 Å². The molecule has 0 atom stereocenters. The number of nitrogens with one attached hydrogen (secondary N) is 2. The molecular formula is C12H18CuN4S+2. The van der Waals surface area contributed by atoms with E-state index < -0.39 is 0 Å². The summed E-state index contributed by atoms with van der Waals surface area (Å²) in [5.41, 5.74) is 4.36. The molecule has 2 N–H and O–H groups in total. The maximum Gasteiger partial charge on any atom is 2.00 e. The van der Waals surface area contributed by atoms with Crippen molar-refractivity contribution < 1.29 is 17.1 Å². The van der Waals surface area contributed by atoms with Gasteiger partial charge in [0.2, 0.25) is 0 Å². The molecule has 1 aromatic heterocycles. The maximum absolute atomic E-state index is 5.12. The summed E-state index contributed by atoms with van der Waals surface area (Å²) in [6.45, 7) is 8.00. The van der Waals surface area contributed by atoms with E-state index in [2.05, 4.69) is 20.8 Å². The van der Waals surface area contributed by atoms with Crippen molar-refractivity contribution in [2.45, 2.75) is 33.2 Å². The summed E-state index contributed by atoms with van der Waals surface area (Å²) in [7, 11) is 0. The topological polar surface area (TPSA) is 49.3 Å². The minimum atomic E-state index is -0.0709. The first-order chi connectivity index (χ1) is 7.88. The monoisotopic (exact) mass is 313 g/mol. The Hall–Kier alpha value is -0.971. The zero-order valence-corrected chi connectivity index (χ0v) is 12.7. The largest absolute Gasteiger partial charge is 2.00 e. The third kappa shape index (κ3) is 6.69. The van der Waals surface area contributed by atoms with Gasteiger partial charge in [-0.3, -0.25) is 10.4 Å². The molecule has 1 aromatic rings. The van der Waals surface area contributed by atoms with Crippen LogP contribution < -0.4 is 10.7 Å². The fourth-order valence-electron chi connectivity index (χ4n) is 1.14. The first kappa shape index (κ1) is 17.0. The summed E-state index contributed by atoms with van der Waals surface area (Å²) in [6.07, 6.45) is 1.74. The molecule has 0 aliphatic heterocycles. The van der Waals surface area contributed by atoms with E-state index in [9.17, 15) is 0 Å². The molecule has 0 spiro atoms. The van der Waals surface area contributed by atoms with E-state index in [1.165, 1.54) is 0 Å². The van der Waals surface area contributed by atoms with E-state index in [4.69, 9.17) is 12.2 Å². The molecule has 18 heavy (non-hydrogen) atoms. The SMILES string of the molecule is CC(=NNC(=S)NC(C)(C)C)c1ccccn1.[Cu+2]. The Morgan fingerprint density at radius 2 is 2.00 bits per heavy atom. The molecule has 1 heterocycles. The molecule has 0 saturated carbocycles. The molecule has 4 nitrogen and oxygen atoms in total. The van der Waals surface area contributed by atoms with E-state index in [0.717, 1.165) is 11.4 Å². The van der Waals surface area contributed by atoms with Gasteiger partial charge in [-0.2, -0.15) is 5.10 Å². The van der Waals surface area contributed by atoms with Crippen LogP contribution in [0.2, 0.25) is 0 Å². The molecule has 0 unspecified atom stereocenters. The number of hydrazone groups is 1. The summed E-state index contributed by atoms with van der Waals surface area (Å²) in [5, 5.41) is 7.80. The van der Waals surface area contributed by atoms with Crippen LogP contribution in [0.15, 0.2) is 29.5 Å². The molecule has 0 fully saturated rings. The van der Waals surface area contributed by atoms with Gasteiger partial charge in [-0.25, -0.2) is 0 Å². The molecule has 0 saturated heterocycles. The Labute approximate surface area is 124 Å². The summed E-state index contributed by atoms with van der Waals surface area (Å²) in [5.74, 6) is 0. The van der Waals surface area contributed by atoms with Crippen LogP contribution >= 0.6 is 12.2 Å². The van der Waals surface area contributed by atoms with Gasteiger partial charge in [-0.1, -0.05) is 6.07 Å². The number of rotatable bonds is 2. The smallest absolute Gasteiger partial charge is 0.357 e. The van der Waals surface area contributed by atoms with Gasteiger partial charge in [-0.15, -0.1) is 0 Å². The van der Waals surface area contributed by atoms with Crippen LogP contribution in [0.4, 0.5) is 0 Å². The van der Waals surface area contributed by atoms with Crippen LogP contribution in [0.5, 0.6) is 0 Å². The molecule has 0 bridgehead atoms. The molecule has 0 aliphatic rings. The fraction of sp³-hybridized carbons (Fsp3) is 0.417. The Kier molecular flexibility index (Phi) is 7.06. The first-order valence-corrected chi connectivity index (χ1v) is 5.83. The van der Waals surface area contributed by atoms with Crippen molar-refractivity contribution in [3.8, 4) is 0 Å². The van der Waals surface area contributed by atoms with Gasteiger partial charge in [0.1, 0.15) is 0 Å². The van der Waals surface area contributed by atoms with E-state index in [0.29, 0.717) is 5.11 Å². The summed E-state index contributed by atoms with van der Waals surface area (Å²) >= 11 is 5.12. The fourth-order valence-corrected chi connectivity index (χ4v) is 1.49. The van der Waals surface area contributed by atoms with E-state index >= 15 is 0 Å². The predicted octanol–water partition coefficient (Wildman–Crippen LogP) is 2.07. The van der Waals surface area contributed by atoms with Gasteiger partial charge in [0.05, 0.1) is 11.4 Å². The minimum absolute atomic E-state index is 0. The van der Waals surface area contributed by atoms with E-state index in [1.807, 2.05) is 45.9 Å². The average molecular weight is 314 g/mol. The van der Waals surface area contributed by atoms with Crippen LogP contribution in [0.1, 0.15) is 33.4 Å². The van der Waals surface area contributed by atoms with Gasteiger partial charge in [0.15, 0.2) is 5.11 Å². The number of hydrogen-bond acceptors (Lipinski definition) is 3. The Bertz CT molecular complexity index is 412. The molecule has 0 amide bonds. The van der Waals surface area contributed by atoms with E-state index in [-0.39, 0.29) is 22.6 Å². The summed E-state index contributed by atoms with van der Waals surface area (Å²) < 4.78 is 0. The van der Waals surface area contributed by atoms with Crippen LogP contribution in [0, 0.1) is 0 Å². The molecule has 1 radical (unpaired) electrons. The number of hydrogen-bond donors (Lipinski definition) is 2. The second-order valence-electron chi connectivity index (χ2n) is 4.73. The van der Waals surface area contributed by atoms with Crippen LogP contribution in [0.3, 0.4) is 0 Å². The Balaban J connectivity index is 0.00000289.